The van der Waals surface area contributed by atoms with Crippen molar-refractivity contribution < 1.29 is 0 Å². The molecule has 2 aliphatic carbocycles. The highest BCUT2D eigenvalue weighted by Gasteiger charge is 2.58. The van der Waals surface area contributed by atoms with Crippen LogP contribution in [0.1, 0.15) is 53.9 Å². The van der Waals surface area contributed by atoms with Crippen molar-refractivity contribution in [3.8, 4) is 0 Å². The summed E-state index contributed by atoms with van der Waals surface area (Å²) in [5.74, 6) is 1.80. The Bertz CT molecular complexity index is 272. The molecule has 0 aromatic rings. The summed E-state index contributed by atoms with van der Waals surface area (Å²) in [6.45, 7) is 12.2. The summed E-state index contributed by atoms with van der Waals surface area (Å²) in [6.07, 6.45) is 6.64. The SMILES string of the molecule is C/C=C1\C[C@H]2CC[C@@H](C)[C@]1(C)C2(C)C. The van der Waals surface area contributed by atoms with Gasteiger partial charge in [-0.25, -0.2) is 0 Å². The summed E-state index contributed by atoms with van der Waals surface area (Å²) in [5, 5.41) is 0. The third-order valence-electron chi connectivity index (χ3n) is 5.77. The molecule has 0 unspecified atom stereocenters. The summed E-state index contributed by atoms with van der Waals surface area (Å²) >= 11 is 0. The smallest absolute Gasteiger partial charge is 0.00369 e. The van der Waals surface area contributed by atoms with Gasteiger partial charge in [-0.3, -0.25) is 0 Å². The lowest BCUT2D eigenvalue weighted by Crippen LogP contribution is -2.43. The van der Waals surface area contributed by atoms with Crippen LogP contribution in [0.25, 0.3) is 0 Å². The van der Waals surface area contributed by atoms with Gasteiger partial charge in [-0.2, -0.15) is 0 Å². The standard InChI is InChI=1S/C14H24/c1-6-11-9-12-8-7-10(2)14(11,5)13(12,3)4/h6,10,12H,7-9H2,1-5H3/b11-6+/t10-,12-,14+/m1/s1. The number of rotatable bonds is 0. The first kappa shape index (κ1) is 10.3. The third-order valence-corrected chi connectivity index (χ3v) is 5.77. The van der Waals surface area contributed by atoms with E-state index in [2.05, 4.69) is 40.7 Å². The highest BCUT2D eigenvalue weighted by Crippen LogP contribution is 2.67. The molecule has 0 aromatic heterocycles. The molecule has 2 fully saturated rings. The lowest BCUT2D eigenvalue weighted by atomic mass is 9.54. The Morgan fingerprint density at radius 2 is 1.86 bits per heavy atom. The van der Waals surface area contributed by atoms with Crippen molar-refractivity contribution in [1.82, 2.24) is 0 Å². The Morgan fingerprint density at radius 3 is 2.43 bits per heavy atom. The quantitative estimate of drug-likeness (QED) is 0.499. The molecule has 2 bridgehead atoms. The Hall–Kier alpha value is -0.260. The summed E-state index contributed by atoms with van der Waals surface area (Å²) in [4.78, 5) is 0. The second kappa shape index (κ2) is 2.87. The maximum atomic E-state index is 2.51. The molecule has 0 radical (unpaired) electrons. The zero-order chi connectivity index (χ0) is 10.6. The predicted octanol–water partition coefficient (Wildman–Crippen LogP) is 4.42. The maximum Gasteiger partial charge on any atom is -0.00369 e. The lowest BCUT2D eigenvalue weighted by Gasteiger charge is -2.50. The molecular weight excluding hydrogens is 168 g/mol. The topological polar surface area (TPSA) is 0 Å². The highest BCUT2D eigenvalue weighted by molar-refractivity contribution is 5.28. The van der Waals surface area contributed by atoms with E-state index >= 15 is 0 Å². The largest absolute Gasteiger partial charge is 0.0879 e. The normalized spacial score (nSPS) is 48.5. The molecule has 0 heteroatoms. The van der Waals surface area contributed by atoms with E-state index in [0.29, 0.717) is 10.8 Å². The van der Waals surface area contributed by atoms with E-state index in [4.69, 9.17) is 0 Å². The fourth-order valence-electron chi connectivity index (χ4n) is 4.14. The summed E-state index contributed by atoms with van der Waals surface area (Å²) < 4.78 is 0. The maximum absolute atomic E-state index is 2.51. The van der Waals surface area contributed by atoms with E-state index in [-0.39, 0.29) is 0 Å². The first-order valence-electron chi connectivity index (χ1n) is 6.10. The van der Waals surface area contributed by atoms with E-state index in [1.807, 2.05) is 0 Å². The molecule has 2 aliphatic rings. The van der Waals surface area contributed by atoms with Crippen molar-refractivity contribution in [2.24, 2.45) is 22.7 Å². The van der Waals surface area contributed by atoms with Gasteiger partial charge in [0.1, 0.15) is 0 Å². The minimum atomic E-state index is 0.477. The molecule has 0 amide bonds. The van der Waals surface area contributed by atoms with E-state index in [1.54, 1.807) is 5.57 Å². The Balaban J connectivity index is 2.52. The molecule has 0 heterocycles. The van der Waals surface area contributed by atoms with Gasteiger partial charge in [-0.1, -0.05) is 39.3 Å². The molecule has 3 atom stereocenters. The van der Waals surface area contributed by atoms with Gasteiger partial charge in [0.05, 0.1) is 0 Å². The van der Waals surface area contributed by atoms with Crippen molar-refractivity contribution in [1.29, 1.82) is 0 Å². The summed E-state index contributed by atoms with van der Waals surface area (Å²) in [7, 11) is 0. The number of hydrogen-bond acceptors (Lipinski definition) is 0. The molecule has 14 heavy (non-hydrogen) atoms. The molecule has 0 spiro atoms. The predicted molar refractivity (Wildman–Crippen MR) is 62.2 cm³/mol. The zero-order valence-electron chi connectivity index (χ0n) is 10.4. The fraction of sp³-hybridized carbons (Fsp3) is 0.857. The molecule has 0 N–H and O–H groups in total. The molecular formula is C14H24. The van der Waals surface area contributed by atoms with Crippen molar-refractivity contribution >= 4 is 0 Å². The molecule has 0 aliphatic heterocycles. The third kappa shape index (κ3) is 0.951. The van der Waals surface area contributed by atoms with Crippen LogP contribution in [0.3, 0.4) is 0 Å². The second-order valence-electron chi connectivity index (χ2n) is 6.12. The summed E-state index contributed by atoms with van der Waals surface area (Å²) in [5.41, 5.74) is 2.73. The second-order valence-corrected chi connectivity index (χ2v) is 6.12. The zero-order valence-corrected chi connectivity index (χ0v) is 10.4. The van der Waals surface area contributed by atoms with Crippen LogP contribution in [0.15, 0.2) is 11.6 Å². The van der Waals surface area contributed by atoms with Crippen molar-refractivity contribution in [2.45, 2.75) is 53.9 Å². The first-order chi connectivity index (χ1) is 6.44. The Morgan fingerprint density at radius 1 is 1.21 bits per heavy atom. The molecule has 2 saturated carbocycles. The van der Waals surface area contributed by atoms with Gasteiger partial charge in [-0.15, -0.1) is 0 Å². The average molecular weight is 192 g/mol. The number of hydrogen-bond donors (Lipinski definition) is 0. The average Bonchev–Trinajstić information content (AvgIpc) is 2.26. The number of fused-ring (bicyclic) bond motifs is 2. The van der Waals surface area contributed by atoms with E-state index in [1.165, 1.54) is 19.3 Å². The van der Waals surface area contributed by atoms with Gasteiger partial charge < -0.3 is 0 Å². The van der Waals surface area contributed by atoms with E-state index in [9.17, 15) is 0 Å². The van der Waals surface area contributed by atoms with Gasteiger partial charge in [-0.05, 0) is 48.9 Å². The van der Waals surface area contributed by atoms with Crippen molar-refractivity contribution in [2.75, 3.05) is 0 Å². The Kier molecular flexibility index (Phi) is 2.10. The van der Waals surface area contributed by atoms with Crippen LogP contribution >= 0.6 is 0 Å². The van der Waals surface area contributed by atoms with Crippen molar-refractivity contribution in [3.05, 3.63) is 11.6 Å². The fourth-order valence-corrected chi connectivity index (χ4v) is 4.14. The van der Waals surface area contributed by atoms with Crippen LogP contribution in [-0.4, -0.2) is 0 Å². The number of allylic oxidation sites excluding steroid dienone is 2. The lowest BCUT2D eigenvalue weighted by molar-refractivity contribution is 0.00821. The minimum absolute atomic E-state index is 0.477. The van der Waals surface area contributed by atoms with Gasteiger partial charge in [0.25, 0.3) is 0 Å². The van der Waals surface area contributed by atoms with Crippen molar-refractivity contribution in [3.63, 3.8) is 0 Å². The first-order valence-corrected chi connectivity index (χ1v) is 6.10. The Labute approximate surface area is 88.8 Å². The molecule has 80 valence electrons. The highest BCUT2D eigenvalue weighted by atomic mass is 14.6. The van der Waals surface area contributed by atoms with Gasteiger partial charge in [0, 0.05) is 0 Å². The molecule has 0 saturated heterocycles. The monoisotopic (exact) mass is 192 g/mol. The van der Waals surface area contributed by atoms with Crippen LogP contribution in [0, 0.1) is 22.7 Å². The van der Waals surface area contributed by atoms with Crippen LogP contribution in [-0.2, 0) is 0 Å². The summed E-state index contributed by atoms with van der Waals surface area (Å²) in [6, 6.07) is 0. The van der Waals surface area contributed by atoms with Gasteiger partial charge in [0.15, 0.2) is 0 Å². The van der Waals surface area contributed by atoms with Crippen LogP contribution in [0.4, 0.5) is 0 Å². The van der Waals surface area contributed by atoms with Gasteiger partial charge >= 0.3 is 0 Å². The van der Waals surface area contributed by atoms with Crippen LogP contribution in [0.2, 0.25) is 0 Å². The molecule has 0 aromatic carbocycles. The van der Waals surface area contributed by atoms with Crippen LogP contribution < -0.4 is 0 Å². The van der Waals surface area contributed by atoms with Gasteiger partial charge in [0.2, 0.25) is 0 Å². The van der Waals surface area contributed by atoms with E-state index in [0.717, 1.165) is 11.8 Å². The minimum Gasteiger partial charge on any atom is -0.0879 e. The molecule has 0 nitrogen and oxygen atoms in total. The molecule has 2 rings (SSSR count). The van der Waals surface area contributed by atoms with Crippen LogP contribution in [0.5, 0.6) is 0 Å². The van der Waals surface area contributed by atoms with E-state index < -0.39 is 0 Å².